The van der Waals surface area contributed by atoms with Crippen molar-refractivity contribution in [2.45, 2.75) is 12.7 Å². The van der Waals surface area contributed by atoms with E-state index < -0.39 is 35.4 Å². The van der Waals surface area contributed by atoms with E-state index in [1.54, 1.807) is 30.3 Å². The number of anilines is 2. The molecular weight excluding hydrogens is 483 g/mol. The molecule has 3 rings (SSSR count). The molecule has 36 heavy (non-hydrogen) atoms. The Bertz CT molecular complexity index is 1290. The van der Waals surface area contributed by atoms with Gasteiger partial charge in [0.1, 0.15) is 11.5 Å². The number of alkyl halides is 3. The zero-order chi connectivity index (χ0) is 26.1. The summed E-state index contributed by atoms with van der Waals surface area (Å²) in [5.74, 6) is -3.79. The van der Waals surface area contributed by atoms with E-state index in [2.05, 4.69) is 15.7 Å². The lowest BCUT2D eigenvalue weighted by Gasteiger charge is -2.09. The summed E-state index contributed by atoms with van der Waals surface area (Å²) in [6, 6.07) is 15.1. The third-order valence-corrected chi connectivity index (χ3v) is 4.36. The first-order chi connectivity index (χ1) is 17.1. The third-order valence-electron chi connectivity index (χ3n) is 4.36. The molecule has 3 aromatic rings. The fourth-order valence-corrected chi connectivity index (χ4v) is 2.68. The van der Waals surface area contributed by atoms with Gasteiger partial charge in [0, 0.05) is 11.4 Å². The monoisotopic (exact) mass is 501 g/mol. The predicted molar refractivity (Wildman–Crippen MR) is 121 cm³/mol. The number of para-hydroxylation sites is 1. The summed E-state index contributed by atoms with van der Waals surface area (Å²) in [7, 11) is 0. The fourth-order valence-electron chi connectivity index (χ4n) is 2.68. The Morgan fingerprint density at radius 2 is 1.47 bits per heavy atom. The number of nitrogens with zero attached hydrogens (tertiary/aromatic N) is 1. The number of hydrazone groups is 1. The lowest BCUT2D eigenvalue weighted by Crippen LogP contribution is -2.34. The molecule has 0 aliphatic heterocycles. The molecule has 13 heteroatoms. The maximum atomic E-state index is 12.7. The molecule has 0 bridgehead atoms. The quantitative estimate of drug-likeness (QED) is 0.233. The van der Waals surface area contributed by atoms with Gasteiger partial charge in [0.25, 0.3) is 0 Å². The third kappa shape index (κ3) is 7.55. The van der Waals surface area contributed by atoms with Gasteiger partial charge in [-0.1, -0.05) is 24.3 Å². The van der Waals surface area contributed by atoms with Crippen LogP contribution < -0.4 is 21.4 Å². The van der Waals surface area contributed by atoms with Gasteiger partial charge in [-0.15, -0.1) is 0 Å². The highest BCUT2D eigenvalue weighted by atomic mass is 19.4. The van der Waals surface area contributed by atoms with Gasteiger partial charge in [0.05, 0.1) is 18.3 Å². The molecular formula is C23H18F3N5O5. The molecule has 1 heterocycles. The lowest BCUT2D eigenvalue weighted by atomic mass is 10.2. The first-order valence-electron chi connectivity index (χ1n) is 10.2. The number of hydrogen-bond donors (Lipinski definition) is 4. The highest BCUT2D eigenvalue weighted by Gasteiger charge is 2.30. The molecule has 0 unspecified atom stereocenters. The van der Waals surface area contributed by atoms with E-state index in [0.29, 0.717) is 11.8 Å². The largest absolute Gasteiger partial charge is 0.458 e. The number of nitrogens with one attached hydrogen (secondary N) is 4. The second-order valence-electron chi connectivity index (χ2n) is 7.04. The van der Waals surface area contributed by atoms with Crippen LogP contribution in [0.25, 0.3) is 0 Å². The zero-order valence-corrected chi connectivity index (χ0v) is 18.3. The van der Waals surface area contributed by atoms with E-state index in [4.69, 9.17) is 4.42 Å². The fraction of sp³-hybridized carbons (Fsp3) is 0.0870. The zero-order valence-electron chi connectivity index (χ0n) is 18.3. The van der Waals surface area contributed by atoms with Crippen LogP contribution >= 0.6 is 0 Å². The number of carbonyl (C=O) groups is 4. The molecule has 1 aromatic heterocycles. The van der Waals surface area contributed by atoms with E-state index in [-0.39, 0.29) is 23.8 Å². The van der Waals surface area contributed by atoms with Crippen molar-refractivity contribution >= 4 is 41.2 Å². The average Bonchev–Trinajstić information content (AvgIpc) is 3.30. The van der Waals surface area contributed by atoms with Crippen LogP contribution in [0.5, 0.6) is 0 Å². The van der Waals surface area contributed by atoms with E-state index in [1.165, 1.54) is 18.2 Å². The Morgan fingerprint density at radius 3 is 2.19 bits per heavy atom. The number of furan rings is 1. The van der Waals surface area contributed by atoms with Crippen molar-refractivity contribution in [2.24, 2.45) is 5.10 Å². The van der Waals surface area contributed by atoms with Gasteiger partial charge in [0.15, 0.2) is 0 Å². The van der Waals surface area contributed by atoms with Crippen LogP contribution in [0.4, 0.5) is 24.5 Å². The molecule has 4 N–H and O–H groups in total. The van der Waals surface area contributed by atoms with Gasteiger partial charge in [-0.3, -0.25) is 19.2 Å². The summed E-state index contributed by atoms with van der Waals surface area (Å²) in [5.41, 5.74) is 1.16. The average molecular weight is 501 g/mol. The molecule has 0 aliphatic rings. The minimum absolute atomic E-state index is 0.110. The molecule has 4 amide bonds. The maximum Gasteiger partial charge on any atom is 0.416 e. The normalized spacial score (nSPS) is 11.1. The van der Waals surface area contributed by atoms with E-state index in [9.17, 15) is 32.3 Å². The van der Waals surface area contributed by atoms with Crippen molar-refractivity contribution in [3.05, 3.63) is 83.8 Å². The summed E-state index contributed by atoms with van der Waals surface area (Å²) >= 11 is 0. The smallest absolute Gasteiger partial charge is 0.416 e. The summed E-state index contributed by atoms with van der Waals surface area (Å²) in [4.78, 5) is 47.5. The summed E-state index contributed by atoms with van der Waals surface area (Å²) in [5, 5.41) is 10.4. The maximum absolute atomic E-state index is 12.7. The van der Waals surface area contributed by atoms with Crippen molar-refractivity contribution in [1.29, 1.82) is 0 Å². The SMILES string of the molecule is O=C(NCc1ccc(/C=N/NC(=O)C(=O)Nc2cccc(C(F)(F)F)c2)o1)C(=O)Nc1ccccc1. The van der Waals surface area contributed by atoms with Gasteiger partial charge in [-0.05, 0) is 42.5 Å². The molecule has 0 spiro atoms. The number of halogens is 3. The van der Waals surface area contributed by atoms with Crippen LogP contribution in [0.3, 0.4) is 0 Å². The number of rotatable bonds is 6. The van der Waals surface area contributed by atoms with Gasteiger partial charge in [-0.25, -0.2) is 5.43 Å². The lowest BCUT2D eigenvalue weighted by molar-refractivity contribution is -0.137. The van der Waals surface area contributed by atoms with E-state index in [1.807, 2.05) is 10.7 Å². The van der Waals surface area contributed by atoms with Crippen LogP contribution in [-0.4, -0.2) is 29.8 Å². The van der Waals surface area contributed by atoms with E-state index in [0.717, 1.165) is 18.3 Å². The first-order valence-corrected chi connectivity index (χ1v) is 10.2. The topological polar surface area (TPSA) is 142 Å². The van der Waals surface area contributed by atoms with Gasteiger partial charge >= 0.3 is 29.8 Å². The minimum Gasteiger partial charge on any atom is -0.458 e. The van der Waals surface area contributed by atoms with Crippen LogP contribution in [0.15, 0.2) is 76.2 Å². The highest BCUT2D eigenvalue weighted by molar-refractivity contribution is 6.40. The Hall–Kier alpha value is -4.94. The summed E-state index contributed by atoms with van der Waals surface area (Å²) in [6.07, 6.45) is -3.55. The molecule has 186 valence electrons. The molecule has 0 fully saturated rings. The first kappa shape index (κ1) is 25.7. The molecule has 0 saturated carbocycles. The van der Waals surface area contributed by atoms with Crippen LogP contribution in [0, 0.1) is 0 Å². The minimum atomic E-state index is -4.60. The Balaban J connectivity index is 1.45. The van der Waals surface area contributed by atoms with Crippen LogP contribution in [-0.2, 0) is 31.9 Å². The molecule has 0 atom stereocenters. The van der Waals surface area contributed by atoms with Gasteiger partial charge < -0.3 is 20.4 Å². The van der Waals surface area contributed by atoms with Gasteiger partial charge in [0.2, 0.25) is 0 Å². The predicted octanol–water partition coefficient (Wildman–Crippen LogP) is 2.64. The molecule has 10 nitrogen and oxygen atoms in total. The van der Waals surface area contributed by atoms with Gasteiger partial charge in [-0.2, -0.15) is 18.3 Å². The van der Waals surface area contributed by atoms with Crippen molar-refractivity contribution in [1.82, 2.24) is 10.7 Å². The van der Waals surface area contributed by atoms with Crippen LogP contribution in [0.1, 0.15) is 17.1 Å². The second-order valence-corrected chi connectivity index (χ2v) is 7.04. The summed E-state index contributed by atoms with van der Waals surface area (Å²) < 4.78 is 43.6. The van der Waals surface area contributed by atoms with Crippen molar-refractivity contribution in [2.75, 3.05) is 10.6 Å². The Labute approximate surface area is 201 Å². The molecule has 2 aromatic carbocycles. The van der Waals surface area contributed by atoms with Crippen LogP contribution in [0.2, 0.25) is 0 Å². The second kappa shape index (κ2) is 11.5. The van der Waals surface area contributed by atoms with Crippen molar-refractivity contribution < 1.29 is 36.8 Å². The number of benzene rings is 2. The molecule has 0 saturated heterocycles. The molecule has 0 aliphatic carbocycles. The van der Waals surface area contributed by atoms with E-state index >= 15 is 0 Å². The van der Waals surface area contributed by atoms with Crippen molar-refractivity contribution in [3.8, 4) is 0 Å². The highest BCUT2D eigenvalue weighted by Crippen LogP contribution is 2.30. The number of carbonyl (C=O) groups excluding carboxylic acids is 4. The summed E-state index contributed by atoms with van der Waals surface area (Å²) in [6.45, 7) is -0.110. The van der Waals surface area contributed by atoms with Crippen molar-refractivity contribution in [3.63, 3.8) is 0 Å². The number of amides is 4. The Kier molecular flexibility index (Phi) is 8.18. The molecule has 0 radical (unpaired) electrons. The Morgan fingerprint density at radius 1 is 0.806 bits per heavy atom. The number of hydrogen-bond acceptors (Lipinski definition) is 6. The standard InChI is InChI=1S/C23H18F3N5O5/c24-23(25,26)14-5-4-8-16(11-14)30-21(34)22(35)31-28-13-18-10-9-17(36-18)12-27-19(32)20(33)29-15-6-2-1-3-7-15/h1-11,13H,12H2,(H,27,32)(H,29,33)(H,30,34)(H,31,35)/b28-13+.